The molecule has 0 fully saturated rings. The first kappa shape index (κ1) is 34.6. The highest BCUT2D eigenvalue weighted by Gasteiger charge is 2.31. The first-order chi connectivity index (χ1) is 27.5. The number of rotatable bonds is 10. The second-order valence-corrected chi connectivity index (χ2v) is 13.7. The van der Waals surface area contributed by atoms with Crippen molar-refractivity contribution in [2.24, 2.45) is 0 Å². The first-order valence-corrected chi connectivity index (χ1v) is 18.4. The van der Waals surface area contributed by atoms with Gasteiger partial charge in [-0.05, 0) is 132 Å². The van der Waals surface area contributed by atoms with Gasteiger partial charge in [-0.15, -0.1) is 0 Å². The van der Waals surface area contributed by atoms with Crippen LogP contribution in [0.4, 0.5) is 0 Å². The summed E-state index contributed by atoms with van der Waals surface area (Å²) >= 11 is 0. The molecule has 7 aromatic carbocycles. The highest BCUT2D eigenvalue weighted by molar-refractivity contribution is 6.37. The number of carbonyl (C=O) groups is 1. The molecule has 7 heteroatoms. The van der Waals surface area contributed by atoms with Crippen LogP contribution in [0.1, 0.15) is 32.7 Å². The van der Waals surface area contributed by atoms with E-state index >= 15 is 0 Å². The van der Waals surface area contributed by atoms with Crippen LogP contribution in [-0.2, 0) is 6.54 Å². The Bertz CT molecular complexity index is 2830. The van der Waals surface area contributed by atoms with Crippen LogP contribution < -0.4 is 24.3 Å². The van der Waals surface area contributed by atoms with Crippen molar-refractivity contribution in [2.45, 2.75) is 6.54 Å². The second kappa shape index (κ2) is 14.3. The van der Waals surface area contributed by atoms with Gasteiger partial charge in [0.05, 0.1) is 28.4 Å². The molecule has 56 heavy (non-hydrogen) atoms. The van der Waals surface area contributed by atoms with Gasteiger partial charge in [-0.2, -0.15) is 0 Å². The Kier molecular flexibility index (Phi) is 8.82. The molecule has 1 heterocycles. The molecule has 1 amide bonds. The SMILES string of the molecule is COc1ccc(C2=Cc3c(-c4ccc(OC)cc4)c4ccnc(C(=O)NCc5ccccc5)c4c4c3c2c(-c2ccc(OC)cc2)c2cc(OC)ccc24)cc1. The lowest BCUT2D eigenvalue weighted by atomic mass is 9.81. The zero-order chi connectivity index (χ0) is 38.3. The predicted octanol–water partition coefficient (Wildman–Crippen LogP) is 10.7. The standard InChI is InChI=1S/C49H38N2O5/c1-53-33-16-10-30(11-17-33)39-27-41-42(31-12-18-34(54-2)19-13-31)38-24-25-50-48(49(52)51-28-29-8-6-5-7-9-29)47(38)44-37-23-22-36(56-4)26-40(37)43(45(39)46(41)44)32-14-20-35(55-3)21-15-32/h5-27H,28H2,1-4H3,(H,51,52). The summed E-state index contributed by atoms with van der Waals surface area (Å²) in [5, 5.41) is 8.85. The maximum atomic E-state index is 14.5. The number of benzene rings is 7. The van der Waals surface area contributed by atoms with E-state index in [2.05, 4.69) is 59.9 Å². The van der Waals surface area contributed by atoms with Gasteiger partial charge in [0.25, 0.3) is 5.91 Å². The van der Waals surface area contributed by atoms with E-state index in [0.717, 1.165) is 105 Å². The fourth-order valence-electron chi connectivity index (χ4n) is 8.11. The van der Waals surface area contributed by atoms with Crippen molar-refractivity contribution in [1.29, 1.82) is 0 Å². The zero-order valence-electron chi connectivity index (χ0n) is 31.5. The highest BCUT2D eigenvalue weighted by Crippen LogP contribution is 2.55. The Morgan fingerprint density at radius 2 is 1.11 bits per heavy atom. The quantitative estimate of drug-likeness (QED) is 0.141. The molecule has 0 unspecified atom stereocenters. The maximum Gasteiger partial charge on any atom is 0.270 e. The van der Waals surface area contributed by atoms with Gasteiger partial charge in [-0.3, -0.25) is 9.78 Å². The van der Waals surface area contributed by atoms with E-state index in [1.807, 2.05) is 78.9 Å². The Morgan fingerprint density at radius 1 is 0.536 bits per heavy atom. The molecule has 1 N–H and O–H groups in total. The Labute approximate surface area is 324 Å². The zero-order valence-corrected chi connectivity index (χ0v) is 31.5. The second-order valence-electron chi connectivity index (χ2n) is 13.7. The van der Waals surface area contributed by atoms with Crippen molar-refractivity contribution in [3.8, 4) is 45.3 Å². The summed E-state index contributed by atoms with van der Waals surface area (Å²) in [7, 11) is 6.71. The van der Waals surface area contributed by atoms with Gasteiger partial charge >= 0.3 is 0 Å². The van der Waals surface area contributed by atoms with Crippen molar-refractivity contribution in [3.05, 3.63) is 162 Å². The third kappa shape index (κ3) is 5.76. The molecule has 0 radical (unpaired) electrons. The van der Waals surface area contributed by atoms with Crippen LogP contribution in [0.2, 0.25) is 0 Å². The smallest absolute Gasteiger partial charge is 0.270 e. The van der Waals surface area contributed by atoms with Gasteiger partial charge in [0.1, 0.15) is 28.7 Å². The number of nitrogens with one attached hydrogen (secondary N) is 1. The lowest BCUT2D eigenvalue weighted by Crippen LogP contribution is -2.24. The molecular formula is C49H38N2O5. The minimum atomic E-state index is -0.251. The van der Waals surface area contributed by atoms with E-state index in [0.29, 0.717) is 12.2 Å². The molecule has 0 spiro atoms. The normalized spacial score (nSPS) is 11.8. The maximum absolute atomic E-state index is 14.5. The van der Waals surface area contributed by atoms with Crippen molar-refractivity contribution in [2.75, 3.05) is 28.4 Å². The van der Waals surface area contributed by atoms with E-state index in [1.165, 1.54) is 0 Å². The van der Waals surface area contributed by atoms with Crippen LogP contribution in [0.5, 0.6) is 23.0 Å². The summed E-state index contributed by atoms with van der Waals surface area (Å²) in [6, 6.07) is 42.7. The van der Waals surface area contributed by atoms with Crippen molar-refractivity contribution in [1.82, 2.24) is 10.3 Å². The van der Waals surface area contributed by atoms with Crippen LogP contribution >= 0.6 is 0 Å². The summed E-state index contributed by atoms with van der Waals surface area (Å²) in [4.78, 5) is 19.3. The summed E-state index contributed by atoms with van der Waals surface area (Å²) in [5.41, 5.74) is 9.64. The van der Waals surface area contributed by atoms with E-state index < -0.39 is 0 Å². The van der Waals surface area contributed by atoms with Gasteiger partial charge in [0, 0.05) is 23.5 Å². The van der Waals surface area contributed by atoms with Crippen LogP contribution in [0.25, 0.3) is 66.2 Å². The van der Waals surface area contributed by atoms with Gasteiger partial charge in [0.2, 0.25) is 0 Å². The van der Waals surface area contributed by atoms with Gasteiger partial charge < -0.3 is 24.3 Å². The van der Waals surface area contributed by atoms with Gasteiger partial charge in [-0.25, -0.2) is 0 Å². The molecular weight excluding hydrogens is 697 g/mol. The molecule has 0 atom stereocenters. The number of hydrogen-bond acceptors (Lipinski definition) is 6. The summed E-state index contributed by atoms with van der Waals surface area (Å²) in [5.74, 6) is 2.78. The molecule has 1 aromatic heterocycles. The molecule has 1 aliphatic rings. The van der Waals surface area contributed by atoms with Crippen LogP contribution in [-0.4, -0.2) is 39.3 Å². The highest BCUT2D eigenvalue weighted by atomic mass is 16.5. The number of aromatic nitrogens is 1. The molecule has 0 saturated heterocycles. The van der Waals surface area contributed by atoms with Crippen LogP contribution in [0.15, 0.2) is 134 Å². The molecule has 7 nitrogen and oxygen atoms in total. The molecule has 0 saturated carbocycles. The van der Waals surface area contributed by atoms with Crippen LogP contribution in [0.3, 0.4) is 0 Å². The van der Waals surface area contributed by atoms with Crippen molar-refractivity contribution < 1.29 is 23.7 Å². The summed E-state index contributed by atoms with van der Waals surface area (Å²) in [6.07, 6.45) is 4.05. The lowest BCUT2D eigenvalue weighted by molar-refractivity contribution is 0.0948. The average molecular weight is 735 g/mol. The molecule has 1 aliphatic carbocycles. The fraction of sp³-hybridized carbons (Fsp3) is 0.102. The minimum absolute atomic E-state index is 0.251. The monoisotopic (exact) mass is 734 g/mol. The number of amides is 1. The largest absolute Gasteiger partial charge is 0.497 e. The van der Waals surface area contributed by atoms with E-state index in [-0.39, 0.29) is 5.91 Å². The van der Waals surface area contributed by atoms with Crippen molar-refractivity contribution in [3.63, 3.8) is 0 Å². The minimum Gasteiger partial charge on any atom is -0.497 e. The summed E-state index contributed by atoms with van der Waals surface area (Å²) < 4.78 is 22.6. The number of methoxy groups -OCH3 is 4. The molecule has 274 valence electrons. The van der Waals surface area contributed by atoms with E-state index in [4.69, 9.17) is 23.9 Å². The molecule has 0 aliphatic heterocycles. The molecule has 9 rings (SSSR count). The fourth-order valence-corrected chi connectivity index (χ4v) is 8.11. The predicted molar refractivity (Wildman–Crippen MR) is 225 cm³/mol. The molecule has 8 aromatic rings. The first-order valence-electron chi connectivity index (χ1n) is 18.4. The number of hydrogen-bond donors (Lipinski definition) is 1. The van der Waals surface area contributed by atoms with Crippen molar-refractivity contribution >= 4 is 49.9 Å². The molecule has 0 bridgehead atoms. The Balaban J connectivity index is 1.46. The number of fused-ring (bicyclic) bond motifs is 4. The van der Waals surface area contributed by atoms with Gasteiger partial charge in [-0.1, -0.05) is 72.8 Å². The number of ether oxygens (including phenoxy) is 4. The van der Waals surface area contributed by atoms with E-state index in [9.17, 15) is 4.79 Å². The average Bonchev–Trinajstić information content (AvgIpc) is 3.65. The third-order valence-electron chi connectivity index (χ3n) is 10.8. The van der Waals surface area contributed by atoms with Gasteiger partial charge in [0.15, 0.2) is 0 Å². The number of pyridine rings is 1. The summed E-state index contributed by atoms with van der Waals surface area (Å²) in [6.45, 7) is 0.368. The number of nitrogens with zero attached hydrogens (tertiary/aromatic N) is 1. The van der Waals surface area contributed by atoms with E-state index in [1.54, 1.807) is 34.6 Å². The Morgan fingerprint density at radius 3 is 1.71 bits per heavy atom. The third-order valence-corrected chi connectivity index (χ3v) is 10.8. The number of carbonyl (C=O) groups excluding carboxylic acids is 1. The van der Waals surface area contributed by atoms with Crippen LogP contribution in [0, 0.1) is 0 Å². The lowest BCUT2D eigenvalue weighted by Gasteiger charge is -2.22. The Hall–Kier alpha value is -7.12. The topological polar surface area (TPSA) is 78.9 Å².